The van der Waals surface area contributed by atoms with E-state index in [1.54, 1.807) is 6.08 Å². The number of anilines is 2. The van der Waals surface area contributed by atoms with Crippen LogP contribution in [0.1, 0.15) is 12.2 Å². The van der Waals surface area contributed by atoms with E-state index in [0.717, 1.165) is 30.4 Å². The van der Waals surface area contributed by atoms with Gasteiger partial charge in [-0.2, -0.15) is 0 Å². The zero-order chi connectivity index (χ0) is 11.8. The van der Waals surface area contributed by atoms with Crippen LogP contribution in [-0.4, -0.2) is 29.6 Å². The normalized spacial score (nSPS) is 9.88. The summed E-state index contributed by atoms with van der Waals surface area (Å²) in [6, 6.07) is 1.88. The van der Waals surface area contributed by atoms with E-state index in [4.69, 9.17) is 5.73 Å². The summed E-state index contributed by atoms with van der Waals surface area (Å²) in [6.07, 6.45) is 2.72. The number of rotatable bonds is 7. The molecular weight excluding hydrogens is 202 g/mol. The smallest absolute Gasteiger partial charge is 0.132 e. The predicted molar refractivity (Wildman–Crippen MR) is 67.6 cm³/mol. The third kappa shape index (κ3) is 4.27. The monoisotopic (exact) mass is 221 g/mol. The first kappa shape index (κ1) is 12.4. The number of nitrogens with zero attached hydrogens (tertiary/aromatic N) is 2. The third-order valence-electron chi connectivity index (χ3n) is 1.95. The van der Waals surface area contributed by atoms with Gasteiger partial charge in [0.2, 0.25) is 0 Å². The summed E-state index contributed by atoms with van der Waals surface area (Å²) in [6.45, 7) is 7.71. The van der Waals surface area contributed by atoms with E-state index in [1.807, 2.05) is 13.0 Å². The molecule has 88 valence electrons. The van der Waals surface area contributed by atoms with Crippen molar-refractivity contribution in [3.05, 3.63) is 24.5 Å². The molecule has 0 aromatic carbocycles. The minimum atomic E-state index is 0.679. The van der Waals surface area contributed by atoms with Crippen molar-refractivity contribution >= 4 is 11.6 Å². The predicted octanol–water partition coefficient (Wildman–Crippen LogP) is 1.14. The quantitative estimate of drug-likeness (QED) is 0.475. The van der Waals surface area contributed by atoms with Crippen LogP contribution in [-0.2, 0) is 0 Å². The lowest BCUT2D eigenvalue weighted by molar-refractivity contribution is 0.867. The lowest BCUT2D eigenvalue weighted by Crippen LogP contribution is -2.11. The molecule has 5 heteroatoms. The van der Waals surface area contributed by atoms with Gasteiger partial charge in [-0.25, -0.2) is 9.97 Å². The minimum absolute atomic E-state index is 0.679. The lowest BCUT2D eigenvalue weighted by Gasteiger charge is -2.08. The zero-order valence-corrected chi connectivity index (χ0v) is 9.66. The Hall–Kier alpha value is -1.62. The lowest BCUT2D eigenvalue weighted by atomic mass is 10.4. The fraction of sp³-hybridized carbons (Fsp3) is 0.455. The molecule has 5 nitrogen and oxygen atoms in total. The van der Waals surface area contributed by atoms with Gasteiger partial charge in [-0.05, 0) is 19.9 Å². The molecule has 0 fully saturated rings. The van der Waals surface area contributed by atoms with Crippen molar-refractivity contribution in [3.63, 3.8) is 0 Å². The Bertz CT molecular complexity index is 337. The Balaban J connectivity index is 2.61. The van der Waals surface area contributed by atoms with Crippen LogP contribution in [0.25, 0.3) is 0 Å². The average molecular weight is 221 g/mol. The summed E-state index contributed by atoms with van der Waals surface area (Å²) in [5.41, 5.74) is 5.42. The molecule has 1 rings (SSSR count). The topological polar surface area (TPSA) is 75.9 Å². The fourth-order valence-corrected chi connectivity index (χ4v) is 1.24. The van der Waals surface area contributed by atoms with Crippen LogP contribution in [0.5, 0.6) is 0 Å². The van der Waals surface area contributed by atoms with Gasteiger partial charge in [0.15, 0.2) is 0 Å². The van der Waals surface area contributed by atoms with E-state index in [-0.39, 0.29) is 0 Å². The van der Waals surface area contributed by atoms with Crippen molar-refractivity contribution < 1.29 is 0 Å². The molecule has 0 aliphatic heterocycles. The maximum atomic E-state index is 5.42. The molecule has 0 bridgehead atoms. The summed E-state index contributed by atoms with van der Waals surface area (Å²) in [4.78, 5) is 8.55. The molecule has 1 aromatic rings. The van der Waals surface area contributed by atoms with E-state index in [2.05, 4.69) is 27.2 Å². The highest BCUT2D eigenvalue weighted by Gasteiger charge is 2.00. The second kappa shape index (κ2) is 6.79. The number of nitrogens with two attached hydrogens (primary N) is 1. The second-order valence-corrected chi connectivity index (χ2v) is 3.42. The van der Waals surface area contributed by atoms with Crippen LogP contribution in [0.15, 0.2) is 18.7 Å². The fourth-order valence-electron chi connectivity index (χ4n) is 1.24. The molecule has 0 spiro atoms. The Labute approximate surface area is 96.2 Å². The summed E-state index contributed by atoms with van der Waals surface area (Å²) in [7, 11) is 0. The standard InChI is InChI=1S/C11H19N5/c1-3-6-13-10-8-11(14-7-4-5-12)16-9(2)15-10/h3,8H,1,4-7,12H2,2H3,(H2,13,14,15,16). The maximum absolute atomic E-state index is 5.42. The highest BCUT2D eigenvalue weighted by atomic mass is 15.1. The van der Waals surface area contributed by atoms with Crippen molar-refractivity contribution in [2.75, 3.05) is 30.3 Å². The van der Waals surface area contributed by atoms with E-state index < -0.39 is 0 Å². The van der Waals surface area contributed by atoms with Crippen LogP contribution < -0.4 is 16.4 Å². The first-order valence-electron chi connectivity index (χ1n) is 5.40. The van der Waals surface area contributed by atoms with Gasteiger partial charge >= 0.3 is 0 Å². The Morgan fingerprint density at radius 1 is 1.38 bits per heavy atom. The molecule has 16 heavy (non-hydrogen) atoms. The minimum Gasteiger partial charge on any atom is -0.370 e. The number of hydrogen-bond acceptors (Lipinski definition) is 5. The van der Waals surface area contributed by atoms with Gasteiger partial charge < -0.3 is 16.4 Å². The molecule has 0 aliphatic rings. The number of aryl methyl sites for hydroxylation is 1. The second-order valence-electron chi connectivity index (χ2n) is 3.42. The summed E-state index contributed by atoms with van der Waals surface area (Å²) in [5, 5.41) is 6.34. The molecule has 1 heterocycles. The van der Waals surface area contributed by atoms with Gasteiger partial charge in [0.1, 0.15) is 17.5 Å². The van der Waals surface area contributed by atoms with E-state index in [1.165, 1.54) is 0 Å². The van der Waals surface area contributed by atoms with Gasteiger partial charge in [-0.15, -0.1) is 6.58 Å². The molecule has 0 radical (unpaired) electrons. The summed E-state index contributed by atoms with van der Waals surface area (Å²) < 4.78 is 0. The van der Waals surface area contributed by atoms with Crippen LogP contribution in [0.2, 0.25) is 0 Å². The van der Waals surface area contributed by atoms with Crippen molar-refractivity contribution in [2.45, 2.75) is 13.3 Å². The van der Waals surface area contributed by atoms with Crippen molar-refractivity contribution in [2.24, 2.45) is 5.73 Å². The molecule has 4 N–H and O–H groups in total. The number of aromatic nitrogens is 2. The molecular formula is C11H19N5. The van der Waals surface area contributed by atoms with Crippen LogP contribution >= 0.6 is 0 Å². The van der Waals surface area contributed by atoms with Crippen LogP contribution in [0, 0.1) is 6.92 Å². The molecule has 0 saturated carbocycles. The molecule has 0 atom stereocenters. The third-order valence-corrected chi connectivity index (χ3v) is 1.95. The Kier molecular flexibility index (Phi) is 5.28. The van der Waals surface area contributed by atoms with Gasteiger partial charge in [0.25, 0.3) is 0 Å². The van der Waals surface area contributed by atoms with Gasteiger partial charge in [-0.1, -0.05) is 6.08 Å². The first-order chi connectivity index (χ1) is 7.76. The molecule has 0 aliphatic carbocycles. The average Bonchev–Trinajstić information content (AvgIpc) is 2.26. The van der Waals surface area contributed by atoms with E-state index in [9.17, 15) is 0 Å². The highest BCUT2D eigenvalue weighted by Crippen LogP contribution is 2.10. The first-order valence-corrected chi connectivity index (χ1v) is 5.40. The van der Waals surface area contributed by atoms with E-state index >= 15 is 0 Å². The molecule has 0 unspecified atom stereocenters. The maximum Gasteiger partial charge on any atom is 0.132 e. The van der Waals surface area contributed by atoms with Gasteiger partial charge in [0, 0.05) is 19.2 Å². The SMILES string of the molecule is C=CCNc1cc(NCCCN)nc(C)n1. The number of nitrogens with one attached hydrogen (secondary N) is 2. The van der Waals surface area contributed by atoms with Crippen molar-refractivity contribution in [1.29, 1.82) is 0 Å². The summed E-state index contributed by atoms with van der Waals surface area (Å²) >= 11 is 0. The largest absolute Gasteiger partial charge is 0.370 e. The van der Waals surface area contributed by atoms with E-state index in [0.29, 0.717) is 13.1 Å². The number of hydrogen-bond donors (Lipinski definition) is 3. The Morgan fingerprint density at radius 3 is 2.69 bits per heavy atom. The van der Waals surface area contributed by atoms with Gasteiger partial charge in [0.05, 0.1) is 0 Å². The van der Waals surface area contributed by atoms with Crippen LogP contribution in [0.4, 0.5) is 11.6 Å². The molecule has 0 amide bonds. The zero-order valence-electron chi connectivity index (χ0n) is 9.66. The van der Waals surface area contributed by atoms with Crippen molar-refractivity contribution in [1.82, 2.24) is 9.97 Å². The summed E-state index contributed by atoms with van der Waals surface area (Å²) in [5.74, 6) is 2.37. The molecule has 1 aromatic heterocycles. The van der Waals surface area contributed by atoms with Crippen molar-refractivity contribution in [3.8, 4) is 0 Å². The molecule has 0 saturated heterocycles. The van der Waals surface area contributed by atoms with Gasteiger partial charge in [-0.3, -0.25) is 0 Å². The Morgan fingerprint density at radius 2 is 2.06 bits per heavy atom. The highest BCUT2D eigenvalue weighted by molar-refractivity contribution is 5.47. The van der Waals surface area contributed by atoms with Crippen LogP contribution in [0.3, 0.4) is 0 Å².